The Labute approximate surface area is 89.4 Å². The zero-order valence-electron chi connectivity index (χ0n) is 8.67. The van der Waals surface area contributed by atoms with E-state index < -0.39 is 15.9 Å². The molecule has 1 aromatic carbocycles. The first-order valence-electron chi connectivity index (χ1n) is 4.42. The Hall–Kier alpha value is -0.910. The Morgan fingerprint density at radius 3 is 2.67 bits per heavy atom. The molecule has 1 unspecified atom stereocenters. The van der Waals surface area contributed by atoms with Crippen molar-refractivity contribution in [3.63, 3.8) is 0 Å². The number of ether oxygens (including phenoxy) is 1. The summed E-state index contributed by atoms with van der Waals surface area (Å²) in [6.45, 7) is 0.146. The number of aliphatic hydroxyl groups is 1. The van der Waals surface area contributed by atoms with Gasteiger partial charge in [-0.15, -0.1) is 0 Å². The Bertz CT molecular complexity index is 425. The summed E-state index contributed by atoms with van der Waals surface area (Å²) in [7, 11) is -1.75. The summed E-state index contributed by atoms with van der Waals surface area (Å²) in [5.74, 6) is 0. The van der Waals surface area contributed by atoms with Gasteiger partial charge < -0.3 is 9.84 Å². The Kier molecular flexibility index (Phi) is 3.84. The number of hydrogen-bond acceptors (Lipinski definition) is 4. The fraction of sp³-hybridized carbons (Fsp3) is 0.400. The molecule has 0 radical (unpaired) electrons. The van der Waals surface area contributed by atoms with Crippen molar-refractivity contribution in [3.05, 3.63) is 29.8 Å². The molecule has 0 bridgehead atoms. The van der Waals surface area contributed by atoms with E-state index in [0.29, 0.717) is 5.56 Å². The molecule has 0 heterocycles. The maximum atomic E-state index is 11.3. The fourth-order valence-electron chi connectivity index (χ4n) is 1.21. The van der Waals surface area contributed by atoms with Gasteiger partial charge in [0.05, 0.1) is 11.5 Å². The lowest BCUT2D eigenvalue weighted by molar-refractivity contribution is 0.0643. The normalized spacial score (nSPS) is 13.8. The lowest BCUT2D eigenvalue weighted by Crippen LogP contribution is -2.06. The first kappa shape index (κ1) is 12.2. The van der Waals surface area contributed by atoms with Gasteiger partial charge in [-0.2, -0.15) is 0 Å². The van der Waals surface area contributed by atoms with Crippen molar-refractivity contribution in [2.45, 2.75) is 11.0 Å². The maximum Gasteiger partial charge on any atom is 0.175 e. The highest BCUT2D eigenvalue weighted by Gasteiger charge is 2.11. The quantitative estimate of drug-likeness (QED) is 0.829. The van der Waals surface area contributed by atoms with Gasteiger partial charge in [-0.1, -0.05) is 12.1 Å². The van der Waals surface area contributed by atoms with E-state index >= 15 is 0 Å². The fourth-order valence-corrected chi connectivity index (χ4v) is 1.88. The van der Waals surface area contributed by atoms with Crippen molar-refractivity contribution in [1.29, 1.82) is 0 Å². The van der Waals surface area contributed by atoms with E-state index in [1.54, 1.807) is 12.1 Å². The van der Waals surface area contributed by atoms with Gasteiger partial charge in [-0.05, 0) is 17.7 Å². The number of hydrogen-bond donors (Lipinski definition) is 1. The number of sulfone groups is 1. The van der Waals surface area contributed by atoms with E-state index in [9.17, 15) is 13.5 Å². The molecule has 1 atom stereocenters. The molecule has 0 saturated carbocycles. The van der Waals surface area contributed by atoms with Crippen LogP contribution < -0.4 is 0 Å². The van der Waals surface area contributed by atoms with E-state index in [1.807, 2.05) is 0 Å². The minimum absolute atomic E-state index is 0.146. The number of methoxy groups -OCH3 is 1. The van der Waals surface area contributed by atoms with E-state index in [0.717, 1.165) is 6.26 Å². The van der Waals surface area contributed by atoms with Gasteiger partial charge in [0.25, 0.3) is 0 Å². The van der Waals surface area contributed by atoms with Gasteiger partial charge in [0.15, 0.2) is 9.84 Å². The van der Waals surface area contributed by atoms with Crippen molar-refractivity contribution in [2.24, 2.45) is 0 Å². The maximum absolute atomic E-state index is 11.3. The Morgan fingerprint density at radius 2 is 2.13 bits per heavy atom. The van der Waals surface area contributed by atoms with Crippen LogP contribution in [0.15, 0.2) is 29.2 Å². The largest absolute Gasteiger partial charge is 0.386 e. The lowest BCUT2D eigenvalue weighted by Gasteiger charge is -2.10. The molecule has 1 aromatic rings. The van der Waals surface area contributed by atoms with Crippen molar-refractivity contribution >= 4 is 9.84 Å². The highest BCUT2D eigenvalue weighted by molar-refractivity contribution is 7.90. The van der Waals surface area contributed by atoms with Crippen LogP contribution in [-0.2, 0) is 14.6 Å². The number of rotatable bonds is 4. The first-order chi connectivity index (χ1) is 6.95. The summed E-state index contributed by atoms with van der Waals surface area (Å²) in [4.78, 5) is 0.204. The van der Waals surface area contributed by atoms with Gasteiger partial charge in [0, 0.05) is 13.4 Å². The van der Waals surface area contributed by atoms with E-state index in [1.165, 1.54) is 19.2 Å². The molecule has 15 heavy (non-hydrogen) atoms. The molecule has 4 nitrogen and oxygen atoms in total. The van der Waals surface area contributed by atoms with Crippen LogP contribution in [0.1, 0.15) is 11.7 Å². The van der Waals surface area contributed by atoms with Crippen LogP contribution >= 0.6 is 0 Å². The second-order valence-corrected chi connectivity index (χ2v) is 5.33. The predicted octanol–water partition coefficient (Wildman–Crippen LogP) is 0.770. The lowest BCUT2D eigenvalue weighted by atomic mass is 10.1. The van der Waals surface area contributed by atoms with E-state index in [-0.39, 0.29) is 11.5 Å². The minimum atomic E-state index is -3.23. The van der Waals surface area contributed by atoms with E-state index in [4.69, 9.17) is 4.74 Å². The average molecular weight is 230 g/mol. The van der Waals surface area contributed by atoms with Crippen molar-refractivity contribution in [1.82, 2.24) is 0 Å². The summed E-state index contributed by atoms with van der Waals surface area (Å²) in [5.41, 5.74) is 0.541. The molecule has 0 aliphatic heterocycles. The van der Waals surface area contributed by atoms with E-state index in [2.05, 4.69) is 0 Å². The molecule has 5 heteroatoms. The molecular formula is C10H14O4S. The standard InChI is InChI=1S/C10H14O4S/c1-14-7-10(11)8-4-3-5-9(6-8)15(2,12)13/h3-6,10-11H,7H2,1-2H3. The molecule has 0 amide bonds. The Balaban J connectivity index is 3.03. The van der Waals surface area contributed by atoms with Crippen LogP contribution in [0.25, 0.3) is 0 Å². The predicted molar refractivity (Wildman–Crippen MR) is 56.4 cm³/mol. The molecule has 1 rings (SSSR count). The average Bonchev–Trinajstić information content (AvgIpc) is 2.17. The summed E-state index contributed by atoms with van der Waals surface area (Å²) >= 11 is 0. The summed E-state index contributed by atoms with van der Waals surface area (Å²) in [6.07, 6.45) is 0.339. The first-order valence-corrected chi connectivity index (χ1v) is 6.31. The van der Waals surface area contributed by atoms with Gasteiger partial charge in [0.1, 0.15) is 6.10 Å². The summed E-state index contributed by atoms with van der Waals surface area (Å²) in [6, 6.07) is 6.22. The third kappa shape index (κ3) is 3.30. The van der Waals surface area contributed by atoms with Gasteiger partial charge in [0.2, 0.25) is 0 Å². The van der Waals surface area contributed by atoms with Crippen LogP contribution in [0.5, 0.6) is 0 Å². The highest BCUT2D eigenvalue weighted by Crippen LogP contribution is 2.17. The van der Waals surface area contributed by atoms with Crippen LogP contribution in [0, 0.1) is 0 Å². The van der Waals surface area contributed by atoms with Crippen LogP contribution in [0.3, 0.4) is 0 Å². The SMILES string of the molecule is COCC(O)c1cccc(S(C)(=O)=O)c1. The smallest absolute Gasteiger partial charge is 0.175 e. The molecule has 0 aromatic heterocycles. The zero-order chi connectivity index (χ0) is 11.5. The topological polar surface area (TPSA) is 63.6 Å². The zero-order valence-corrected chi connectivity index (χ0v) is 9.49. The van der Waals surface area contributed by atoms with Crippen molar-refractivity contribution in [3.8, 4) is 0 Å². The summed E-state index contributed by atoms with van der Waals surface area (Å²) < 4.78 is 27.3. The monoisotopic (exact) mass is 230 g/mol. The van der Waals surface area contributed by atoms with Crippen molar-refractivity contribution in [2.75, 3.05) is 20.0 Å². The molecular weight excluding hydrogens is 216 g/mol. The molecule has 0 aliphatic rings. The van der Waals surface area contributed by atoms with Gasteiger partial charge >= 0.3 is 0 Å². The number of benzene rings is 1. The van der Waals surface area contributed by atoms with Crippen LogP contribution in [0.4, 0.5) is 0 Å². The molecule has 0 spiro atoms. The molecule has 0 saturated heterocycles. The second-order valence-electron chi connectivity index (χ2n) is 3.32. The molecule has 84 valence electrons. The second kappa shape index (κ2) is 4.74. The third-order valence-electron chi connectivity index (χ3n) is 2.00. The van der Waals surface area contributed by atoms with Crippen LogP contribution in [-0.4, -0.2) is 33.5 Å². The number of aliphatic hydroxyl groups excluding tert-OH is 1. The van der Waals surface area contributed by atoms with Crippen LogP contribution in [0.2, 0.25) is 0 Å². The Morgan fingerprint density at radius 1 is 1.47 bits per heavy atom. The summed E-state index contributed by atoms with van der Waals surface area (Å²) in [5, 5.41) is 9.59. The highest BCUT2D eigenvalue weighted by atomic mass is 32.2. The molecule has 0 aliphatic carbocycles. The third-order valence-corrected chi connectivity index (χ3v) is 3.11. The molecule has 0 fully saturated rings. The van der Waals surface area contributed by atoms with Crippen molar-refractivity contribution < 1.29 is 18.3 Å². The van der Waals surface area contributed by atoms with Gasteiger partial charge in [-0.3, -0.25) is 0 Å². The van der Waals surface area contributed by atoms with Gasteiger partial charge in [-0.25, -0.2) is 8.42 Å². The minimum Gasteiger partial charge on any atom is -0.386 e. The molecule has 1 N–H and O–H groups in total.